The summed E-state index contributed by atoms with van der Waals surface area (Å²) in [4.78, 5) is 11.4. The molecule has 0 atom stereocenters. The van der Waals surface area contributed by atoms with E-state index in [1.165, 1.54) is 29.9 Å². The quantitative estimate of drug-likeness (QED) is 0.723. The van der Waals surface area contributed by atoms with Crippen LogP contribution in [0.2, 0.25) is 0 Å². The number of hydrogen-bond donors (Lipinski definition) is 0. The van der Waals surface area contributed by atoms with Gasteiger partial charge in [0.1, 0.15) is 0 Å². The number of carbonyl (C=O) groups is 1. The first-order chi connectivity index (χ1) is 7.68. The summed E-state index contributed by atoms with van der Waals surface area (Å²) in [7, 11) is 0. The molecule has 0 saturated heterocycles. The molecular formula is C14H18OS. The number of benzene rings is 1. The van der Waals surface area contributed by atoms with Gasteiger partial charge in [-0.25, -0.2) is 0 Å². The first-order valence-corrected chi connectivity index (χ1v) is 7.03. The third-order valence-corrected chi connectivity index (χ3v) is 4.48. The molecule has 0 radical (unpaired) electrons. The molecule has 0 aliphatic heterocycles. The molecule has 0 spiro atoms. The Morgan fingerprint density at radius 1 is 1.44 bits per heavy atom. The summed E-state index contributed by atoms with van der Waals surface area (Å²) in [5, 5.41) is 0. The van der Waals surface area contributed by atoms with Gasteiger partial charge in [0.05, 0.1) is 0 Å². The Bertz CT molecular complexity index is 393. The summed E-state index contributed by atoms with van der Waals surface area (Å²) in [6.07, 6.45) is 2.56. The van der Waals surface area contributed by atoms with Gasteiger partial charge in [0.2, 0.25) is 0 Å². The molecule has 2 heteroatoms. The molecule has 1 nitrogen and oxygen atoms in total. The Morgan fingerprint density at radius 3 is 2.75 bits per heavy atom. The SMILES string of the molecule is CCSCC1(c2cccc(C(C)=O)c2)CC1. The molecule has 1 aliphatic carbocycles. The van der Waals surface area contributed by atoms with Crippen LogP contribution < -0.4 is 0 Å². The standard InChI is InChI=1S/C14H18OS/c1-3-16-10-14(7-8-14)13-6-4-5-12(9-13)11(2)15/h4-6,9H,3,7-8,10H2,1-2H3. The minimum atomic E-state index is 0.167. The second kappa shape index (κ2) is 4.62. The van der Waals surface area contributed by atoms with Crippen molar-refractivity contribution in [3.8, 4) is 0 Å². The molecule has 0 heterocycles. The average molecular weight is 234 g/mol. The largest absolute Gasteiger partial charge is 0.295 e. The highest BCUT2D eigenvalue weighted by Gasteiger charge is 2.43. The lowest BCUT2D eigenvalue weighted by Gasteiger charge is -2.15. The molecule has 0 N–H and O–H groups in total. The summed E-state index contributed by atoms with van der Waals surface area (Å²) in [6, 6.07) is 8.19. The van der Waals surface area contributed by atoms with Gasteiger partial charge in [0, 0.05) is 16.7 Å². The van der Waals surface area contributed by atoms with E-state index < -0.39 is 0 Å². The number of Topliss-reactive ketones (excluding diaryl/α,β-unsaturated/α-hetero) is 1. The highest BCUT2D eigenvalue weighted by Crippen LogP contribution is 2.50. The lowest BCUT2D eigenvalue weighted by molar-refractivity contribution is 0.101. The van der Waals surface area contributed by atoms with Crippen molar-refractivity contribution in [2.24, 2.45) is 0 Å². The summed E-state index contributed by atoms with van der Waals surface area (Å²) < 4.78 is 0. The fourth-order valence-corrected chi connectivity index (χ4v) is 3.08. The van der Waals surface area contributed by atoms with E-state index in [1.54, 1.807) is 6.92 Å². The zero-order valence-electron chi connectivity index (χ0n) is 9.95. The first-order valence-electron chi connectivity index (χ1n) is 5.87. The van der Waals surface area contributed by atoms with Crippen LogP contribution in [0.15, 0.2) is 24.3 Å². The second-order valence-electron chi connectivity index (χ2n) is 4.55. The van der Waals surface area contributed by atoms with Gasteiger partial charge in [0.25, 0.3) is 0 Å². The predicted molar refractivity (Wildman–Crippen MR) is 70.4 cm³/mol. The highest BCUT2D eigenvalue weighted by molar-refractivity contribution is 7.99. The van der Waals surface area contributed by atoms with Crippen LogP contribution in [-0.4, -0.2) is 17.3 Å². The van der Waals surface area contributed by atoms with Gasteiger partial charge in [-0.15, -0.1) is 0 Å². The first kappa shape index (κ1) is 11.7. The van der Waals surface area contributed by atoms with Crippen molar-refractivity contribution in [3.05, 3.63) is 35.4 Å². The number of hydrogen-bond acceptors (Lipinski definition) is 2. The van der Waals surface area contributed by atoms with E-state index in [1.807, 2.05) is 23.9 Å². The van der Waals surface area contributed by atoms with Crippen LogP contribution in [0.3, 0.4) is 0 Å². The normalized spacial score (nSPS) is 17.1. The summed E-state index contributed by atoms with van der Waals surface area (Å²) in [5.41, 5.74) is 2.60. The van der Waals surface area contributed by atoms with E-state index in [9.17, 15) is 4.79 Å². The second-order valence-corrected chi connectivity index (χ2v) is 5.83. The minimum Gasteiger partial charge on any atom is -0.295 e. The van der Waals surface area contributed by atoms with Crippen molar-refractivity contribution in [1.29, 1.82) is 0 Å². The monoisotopic (exact) mass is 234 g/mol. The fraction of sp³-hybridized carbons (Fsp3) is 0.500. The maximum absolute atomic E-state index is 11.4. The third kappa shape index (κ3) is 2.32. The Labute approximate surface area is 102 Å². The van der Waals surface area contributed by atoms with Gasteiger partial charge in [-0.3, -0.25) is 4.79 Å². The molecule has 1 saturated carbocycles. The maximum atomic E-state index is 11.4. The minimum absolute atomic E-state index is 0.167. The van der Waals surface area contributed by atoms with Gasteiger partial charge in [-0.05, 0) is 37.1 Å². The van der Waals surface area contributed by atoms with Crippen LogP contribution in [0, 0.1) is 0 Å². The highest BCUT2D eigenvalue weighted by atomic mass is 32.2. The maximum Gasteiger partial charge on any atom is 0.159 e. The zero-order valence-corrected chi connectivity index (χ0v) is 10.8. The fourth-order valence-electron chi connectivity index (χ4n) is 2.03. The van der Waals surface area contributed by atoms with E-state index in [4.69, 9.17) is 0 Å². The van der Waals surface area contributed by atoms with Gasteiger partial charge < -0.3 is 0 Å². The lowest BCUT2D eigenvalue weighted by atomic mass is 9.95. The van der Waals surface area contributed by atoms with Crippen molar-refractivity contribution in [2.45, 2.75) is 32.1 Å². The van der Waals surface area contributed by atoms with Gasteiger partial charge >= 0.3 is 0 Å². The summed E-state index contributed by atoms with van der Waals surface area (Å²) in [6.45, 7) is 3.84. The summed E-state index contributed by atoms with van der Waals surface area (Å²) >= 11 is 2.00. The predicted octanol–water partition coefficient (Wildman–Crippen LogP) is 3.67. The molecule has 0 amide bonds. The van der Waals surface area contributed by atoms with E-state index in [0.29, 0.717) is 5.41 Å². The van der Waals surface area contributed by atoms with Crippen LogP contribution >= 0.6 is 11.8 Å². The van der Waals surface area contributed by atoms with Crippen LogP contribution in [-0.2, 0) is 5.41 Å². The Kier molecular flexibility index (Phi) is 3.38. The molecule has 1 aromatic carbocycles. The smallest absolute Gasteiger partial charge is 0.159 e. The zero-order chi connectivity index (χ0) is 11.6. The lowest BCUT2D eigenvalue weighted by Crippen LogP contribution is -2.11. The number of ketones is 1. The van der Waals surface area contributed by atoms with Gasteiger partial charge in [-0.2, -0.15) is 11.8 Å². The molecule has 0 unspecified atom stereocenters. The Balaban J connectivity index is 2.20. The van der Waals surface area contributed by atoms with Crippen molar-refractivity contribution in [3.63, 3.8) is 0 Å². The van der Waals surface area contributed by atoms with E-state index >= 15 is 0 Å². The molecule has 2 rings (SSSR count). The molecule has 16 heavy (non-hydrogen) atoms. The molecule has 1 aliphatic rings. The molecule has 0 aromatic heterocycles. The van der Waals surface area contributed by atoms with Crippen LogP contribution in [0.4, 0.5) is 0 Å². The Hall–Kier alpha value is -0.760. The van der Waals surface area contributed by atoms with Crippen molar-refractivity contribution >= 4 is 17.5 Å². The van der Waals surface area contributed by atoms with Crippen LogP contribution in [0.25, 0.3) is 0 Å². The molecule has 86 valence electrons. The third-order valence-electron chi connectivity index (χ3n) is 3.32. The van der Waals surface area contributed by atoms with Gasteiger partial charge in [0.15, 0.2) is 5.78 Å². The number of rotatable bonds is 5. The molecule has 1 fully saturated rings. The topological polar surface area (TPSA) is 17.1 Å². The van der Waals surface area contributed by atoms with E-state index in [2.05, 4.69) is 19.1 Å². The average Bonchev–Trinajstić information content (AvgIpc) is 3.08. The van der Waals surface area contributed by atoms with E-state index in [0.717, 1.165) is 5.56 Å². The van der Waals surface area contributed by atoms with Crippen LogP contribution in [0.5, 0.6) is 0 Å². The van der Waals surface area contributed by atoms with E-state index in [-0.39, 0.29) is 5.78 Å². The summed E-state index contributed by atoms with van der Waals surface area (Å²) in [5.74, 6) is 2.54. The van der Waals surface area contributed by atoms with Gasteiger partial charge in [-0.1, -0.05) is 25.1 Å². The molecule has 0 bridgehead atoms. The molecular weight excluding hydrogens is 216 g/mol. The van der Waals surface area contributed by atoms with Crippen molar-refractivity contribution < 1.29 is 4.79 Å². The Morgan fingerprint density at radius 2 is 2.19 bits per heavy atom. The van der Waals surface area contributed by atoms with Crippen molar-refractivity contribution in [2.75, 3.05) is 11.5 Å². The van der Waals surface area contributed by atoms with Crippen LogP contribution in [0.1, 0.15) is 42.6 Å². The van der Waals surface area contributed by atoms with Crippen molar-refractivity contribution in [1.82, 2.24) is 0 Å². The number of carbonyl (C=O) groups excluding carboxylic acids is 1. The molecule has 1 aromatic rings. The number of thioether (sulfide) groups is 1.